The molecule has 1 aliphatic carbocycles. The van der Waals surface area contributed by atoms with E-state index in [0.29, 0.717) is 0 Å². The van der Waals surface area contributed by atoms with Gasteiger partial charge in [-0.1, -0.05) is 56.3 Å². The van der Waals surface area contributed by atoms with E-state index in [4.69, 9.17) is 0 Å². The molecule has 0 aromatic heterocycles. The first-order valence-electron chi connectivity index (χ1n) is 7.89. The Bertz CT molecular complexity index is 850. The lowest BCUT2D eigenvalue weighted by Crippen LogP contribution is -2.21. The van der Waals surface area contributed by atoms with E-state index >= 15 is 0 Å². The monoisotopic (exact) mass is 362 g/mol. The van der Waals surface area contributed by atoms with Crippen LogP contribution in [0.3, 0.4) is 0 Å². The molecule has 0 aliphatic heterocycles. The van der Waals surface area contributed by atoms with Crippen molar-refractivity contribution in [2.45, 2.75) is 26.7 Å². The van der Waals surface area contributed by atoms with Gasteiger partial charge in [0.2, 0.25) is 0 Å². The smallest absolute Gasteiger partial charge is 0.216 e. The second-order valence-corrected chi connectivity index (χ2v) is 8.11. The highest BCUT2D eigenvalue weighted by Gasteiger charge is 2.31. The van der Waals surface area contributed by atoms with Crippen molar-refractivity contribution in [2.24, 2.45) is 15.7 Å². The highest BCUT2D eigenvalue weighted by Crippen LogP contribution is 2.49. The molecule has 0 heterocycles. The zero-order valence-electron chi connectivity index (χ0n) is 14.4. The molecule has 0 spiro atoms. The van der Waals surface area contributed by atoms with Crippen molar-refractivity contribution in [2.75, 3.05) is 0 Å². The van der Waals surface area contributed by atoms with Crippen molar-refractivity contribution in [1.29, 1.82) is 0 Å². The van der Waals surface area contributed by atoms with Crippen LogP contribution >= 0.6 is 0 Å². The highest BCUT2D eigenvalue weighted by atomic mass is 32.2. The van der Waals surface area contributed by atoms with Gasteiger partial charge in [-0.2, -0.15) is 8.42 Å². The summed E-state index contributed by atoms with van der Waals surface area (Å²) in [6, 6.07) is 17.4. The fourth-order valence-electron chi connectivity index (χ4n) is 3.08. The fraction of sp³-hybridized carbons (Fsp3) is 0.263. The minimum atomic E-state index is -3.67. The molecular weight excluding hydrogens is 339 g/mol. The summed E-state index contributed by atoms with van der Waals surface area (Å²) in [5, 5.41) is 8.21. The lowest BCUT2D eigenvalue weighted by Gasteiger charge is -2.17. The Morgan fingerprint density at radius 1 is 0.840 bits per heavy atom. The number of halogens is 1. The van der Waals surface area contributed by atoms with Gasteiger partial charge in [-0.25, -0.2) is 14.7 Å². The summed E-state index contributed by atoms with van der Waals surface area (Å²) in [7, 11) is -3.67. The first-order chi connectivity index (χ1) is 11.6. The van der Waals surface area contributed by atoms with Gasteiger partial charge >= 0.3 is 0 Å². The maximum atomic E-state index is 13.1. The van der Waals surface area contributed by atoms with Crippen LogP contribution in [0.4, 0.5) is 4.39 Å². The van der Waals surface area contributed by atoms with Crippen LogP contribution in [0, 0.1) is 11.2 Å². The molecule has 6 heteroatoms. The molecular formula is C19H23FN2O2S. The van der Waals surface area contributed by atoms with Gasteiger partial charge in [-0.3, -0.25) is 0 Å². The zero-order chi connectivity index (χ0) is 18.7. The van der Waals surface area contributed by atoms with Gasteiger partial charge < -0.3 is 0 Å². The summed E-state index contributed by atoms with van der Waals surface area (Å²) in [6.07, 6.45) is 2.12. The number of hydrogen-bond acceptors (Lipinski definition) is 2. The predicted octanol–water partition coefficient (Wildman–Crippen LogP) is 3.71. The van der Waals surface area contributed by atoms with E-state index in [1.807, 2.05) is 18.2 Å². The van der Waals surface area contributed by atoms with Crippen LogP contribution in [0.5, 0.6) is 0 Å². The molecule has 4 N–H and O–H groups in total. The number of nitrogens with two attached hydrogens (primary N) is 2. The van der Waals surface area contributed by atoms with E-state index in [9.17, 15) is 12.8 Å². The average Bonchev–Trinajstić information content (AvgIpc) is 2.83. The van der Waals surface area contributed by atoms with E-state index in [1.54, 1.807) is 12.1 Å². The molecule has 134 valence electrons. The second kappa shape index (κ2) is 7.47. The standard InChI is InChI=1S/C19H19F.H4N2O2S/c1-19(2)12-17(14-6-4-3-5-7-14)18(13-19)15-8-10-16(20)11-9-15;1-5(2,3)4/h3-11H,12-13H2,1-2H3;(H4,1,2,3,4). The van der Waals surface area contributed by atoms with E-state index < -0.39 is 10.2 Å². The summed E-state index contributed by atoms with van der Waals surface area (Å²) in [4.78, 5) is 0. The van der Waals surface area contributed by atoms with Crippen molar-refractivity contribution < 1.29 is 12.8 Å². The van der Waals surface area contributed by atoms with Gasteiger partial charge in [-0.15, -0.1) is 0 Å². The highest BCUT2D eigenvalue weighted by molar-refractivity contribution is 7.86. The number of rotatable bonds is 2. The minimum absolute atomic E-state index is 0.173. The third-order valence-corrected chi connectivity index (χ3v) is 3.99. The van der Waals surface area contributed by atoms with Crippen LogP contribution in [0.2, 0.25) is 0 Å². The molecule has 4 nitrogen and oxygen atoms in total. The Hall–Kier alpha value is -2.02. The quantitative estimate of drug-likeness (QED) is 0.853. The molecule has 2 aromatic carbocycles. The molecule has 2 aromatic rings. The molecule has 0 amide bonds. The Labute approximate surface area is 148 Å². The Morgan fingerprint density at radius 3 is 1.68 bits per heavy atom. The van der Waals surface area contributed by atoms with Crippen LogP contribution in [0.25, 0.3) is 11.1 Å². The summed E-state index contributed by atoms with van der Waals surface area (Å²) in [5.41, 5.74) is 5.48. The molecule has 0 saturated heterocycles. The molecule has 25 heavy (non-hydrogen) atoms. The third-order valence-electron chi connectivity index (χ3n) is 3.99. The van der Waals surface area contributed by atoms with Gasteiger partial charge in [-0.05, 0) is 52.7 Å². The van der Waals surface area contributed by atoms with E-state index in [1.165, 1.54) is 16.7 Å². The van der Waals surface area contributed by atoms with Gasteiger partial charge in [0.15, 0.2) is 0 Å². The average molecular weight is 362 g/mol. The van der Waals surface area contributed by atoms with E-state index in [0.717, 1.165) is 18.4 Å². The molecule has 0 saturated carbocycles. The maximum Gasteiger partial charge on any atom is 0.271 e. The Balaban J connectivity index is 0.000000399. The Morgan fingerprint density at radius 2 is 1.24 bits per heavy atom. The lowest BCUT2D eigenvalue weighted by molar-refractivity contribution is 0.406. The van der Waals surface area contributed by atoms with Gasteiger partial charge in [0.1, 0.15) is 5.82 Å². The number of allylic oxidation sites excluding steroid dienone is 2. The molecule has 0 fully saturated rings. The van der Waals surface area contributed by atoms with Crippen LogP contribution in [-0.2, 0) is 10.2 Å². The largest absolute Gasteiger partial charge is 0.271 e. The SMILES string of the molecule is CC1(C)CC(c2ccccc2)=C(c2ccc(F)cc2)C1.NS(N)(=O)=O. The van der Waals surface area contributed by atoms with Crippen molar-refractivity contribution in [1.82, 2.24) is 0 Å². The summed E-state index contributed by atoms with van der Waals surface area (Å²) in [5.74, 6) is -0.173. The zero-order valence-corrected chi connectivity index (χ0v) is 15.2. The molecule has 0 atom stereocenters. The van der Waals surface area contributed by atoms with Crippen LogP contribution in [0.1, 0.15) is 37.8 Å². The second-order valence-electron chi connectivity index (χ2n) is 6.94. The van der Waals surface area contributed by atoms with E-state index in [-0.39, 0.29) is 11.2 Å². The topological polar surface area (TPSA) is 86.2 Å². The van der Waals surface area contributed by atoms with Gasteiger partial charge in [0.05, 0.1) is 0 Å². The summed E-state index contributed by atoms with van der Waals surface area (Å²) >= 11 is 0. The first-order valence-corrected chi connectivity index (χ1v) is 9.50. The molecule has 3 rings (SSSR count). The first kappa shape index (κ1) is 19.3. The summed E-state index contributed by atoms with van der Waals surface area (Å²) in [6.45, 7) is 4.60. The molecule has 0 radical (unpaired) electrons. The van der Waals surface area contributed by atoms with Gasteiger partial charge in [0, 0.05) is 0 Å². The van der Waals surface area contributed by atoms with Crippen LogP contribution in [-0.4, -0.2) is 8.42 Å². The van der Waals surface area contributed by atoms with Crippen LogP contribution in [0.15, 0.2) is 54.6 Å². The van der Waals surface area contributed by atoms with Crippen LogP contribution < -0.4 is 10.3 Å². The van der Waals surface area contributed by atoms with Gasteiger partial charge in [0.25, 0.3) is 10.2 Å². The summed E-state index contributed by atoms with van der Waals surface area (Å²) < 4.78 is 31.5. The number of hydrogen-bond donors (Lipinski definition) is 2. The molecule has 0 bridgehead atoms. The van der Waals surface area contributed by atoms with Crippen molar-refractivity contribution >= 4 is 21.4 Å². The van der Waals surface area contributed by atoms with Crippen molar-refractivity contribution in [3.05, 3.63) is 71.5 Å². The predicted molar refractivity (Wildman–Crippen MR) is 100.0 cm³/mol. The van der Waals surface area contributed by atoms with Crippen molar-refractivity contribution in [3.63, 3.8) is 0 Å². The maximum absolute atomic E-state index is 13.1. The fourth-order valence-corrected chi connectivity index (χ4v) is 3.08. The number of benzene rings is 2. The normalized spacial score (nSPS) is 16.4. The molecule has 0 unspecified atom stereocenters. The minimum Gasteiger partial charge on any atom is -0.216 e. The third kappa shape index (κ3) is 6.08. The molecule has 1 aliphatic rings. The lowest BCUT2D eigenvalue weighted by atomic mass is 9.87. The Kier molecular flexibility index (Phi) is 5.77. The van der Waals surface area contributed by atoms with E-state index in [2.05, 4.69) is 48.4 Å². The van der Waals surface area contributed by atoms with Crippen molar-refractivity contribution in [3.8, 4) is 0 Å².